The lowest BCUT2D eigenvalue weighted by molar-refractivity contribution is 0.0982. The lowest BCUT2D eigenvalue weighted by Crippen LogP contribution is -2.44. The molecule has 2 heteroatoms. The van der Waals surface area contributed by atoms with E-state index in [1.165, 1.54) is 43.3 Å². The number of nitrogens with zero attached hydrogens (tertiary/aromatic N) is 2. The van der Waals surface area contributed by atoms with Crippen LogP contribution in [-0.2, 0) is 6.42 Å². The van der Waals surface area contributed by atoms with Gasteiger partial charge >= 0.3 is 0 Å². The van der Waals surface area contributed by atoms with E-state index >= 15 is 0 Å². The lowest BCUT2D eigenvalue weighted by atomic mass is 9.81. The minimum absolute atomic E-state index is 0.648. The van der Waals surface area contributed by atoms with Gasteiger partial charge in [0.15, 0.2) is 0 Å². The molecular formula is C17H18N2. The first kappa shape index (κ1) is 10.3. The number of hydrogen-bond donors (Lipinski definition) is 0. The number of piperidine rings is 1. The fraction of sp³-hybridized carbons (Fsp3) is 0.412. The van der Waals surface area contributed by atoms with Gasteiger partial charge in [0, 0.05) is 23.8 Å². The molecule has 96 valence electrons. The third-order valence-corrected chi connectivity index (χ3v) is 5.25. The van der Waals surface area contributed by atoms with Crippen LogP contribution in [0.2, 0.25) is 0 Å². The van der Waals surface area contributed by atoms with Gasteiger partial charge in [0.25, 0.3) is 0 Å². The molecule has 1 saturated heterocycles. The second kappa shape index (κ2) is 3.51. The Balaban J connectivity index is 1.87. The first-order valence-electron chi connectivity index (χ1n) is 7.47. The van der Waals surface area contributed by atoms with Crippen LogP contribution in [0.3, 0.4) is 0 Å². The van der Waals surface area contributed by atoms with E-state index in [1.54, 1.807) is 11.3 Å². The van der Waals surface area contributed by atoms with Gasteiger partial charge in [-0.3, -0.25) is 4.90 Å². The minimum Gasteiger partial charge on any atom is -0.319 e. The van der Waals surface area contributed by atoms with Crippen molar-refractivity contribution in [2.24, 2.45) is 5.92 Å². The lowest BCUT2D eigenvalue weighted by Gasteiger charge is -2.45. The highest BCUT2D eigenvalue weighted by Gasteiger charge is 2.40. The van der Waals surface area contributed by atoms with Crippen LogP contribution in [0.1, 0.15) is 30.1 Å². The molecule has 0 bridgehead atoms. The number of para-hydroxylation sites is 1. The first-order valence-corrected chi connectivity index (χ1v) is 7.47. The zero-order valence-corrected chi connectivity index (χ0v) is 11.0. The topological polar surface area (TPSA) is 8.17 Å². The summed E-state index contributed by atoms with van der Waals surface area (Å²) < 4.78 is 2.46. The Hall–Kier alpha value is -1.54. The Morgan fingerprint density at radius 3 is 3.05 bits per heavy atom. The molecule has 0 aliphatic carbocycles. The van der Waals surface area contributed by atoms with Gasteiger partial charge in [0.2, 0.25) is 0 Å². The maximum absolute atomic E-state index is 2.72. The highest BCUT2D eigenvalue weighted by Crippen LogP contribution is 2.46. The van der Waals surface area contributed by atoms with Crippen molar-refractivity contribution in [1.82, 2.24) is 9.47 Å². The molecule has 19 heavy (non-hydrogen) atoms. The van der Waals surface area contributed by atoms with Gasteiger partial charge in [-0.2, -0.15) is 0 Å². The van der Waals surface area contributed by atoms with Crippen LogP contribution < -0.4 is 0 Å². The highest BCUT2D eigenvalue weighted by molar-refractivity contribution is 5.88. The van der Waals surface area contributed by atoms with Crippen LogP contribution in [0.4, 0.5) is 0 Å². The monoisotopic (exact) mass is 250 g/mol. The molecule has 0 spiro atoms. The maximum Gasteiger partial charge on any atom is 0.0571 e. The summed E-state index contributed by atoms with van der Waals surface area (Å²) in [6.07, 6.45) is 8.72. The largest absolute Gasteiger partial charge is 0.319 e. The predicted molar refractivity (Wildman–Crippen MR) is 78.0 cm³/mol. The molecule has 0 radical (unpaired) electrons. The molecule has 0 N–H and O–H groups in total. The van der Waals surface area contributed by atoms with E-state index < -0.39 is 0 Å². The quantitative estimate of drug-likeness (QED) is 0.695. The normalized spacial score (nSPS) is 28.6. The number of rotatable bonds is 0. The van der Waals surface area contributed by atoms with Crippen LogP contribution in [0.25, 0.3) is 17.1 Å². The van der Waals surface area contributed by atoms with Crippen LogP contribution in [0, 0.1) is 5.92 Å². The Morgan fingerprint density at radius 2 is 2.05 bits per heavy atom. The zero-order valence-electron chi connectivity index (χ0n) is 11.0. The van der Waals surface area contributed by atoms with Crippen molar-refractivity contribution in [3.8, 4) is 0 Å². The summed E-state index contributed by atoms with van der Waals surface area (Å²) in [5.74, 6) is 0.740. The van der Waals surface area contributed by atoms with Crippen LogP contribution in [0.5, 0.6) is 0 Å². The molecule has 1 fully saturated rings. The minimum atomic E-state index is 0.648. The maximum atomic E-state index is 2.72. The highest BCUT2D eigenvalue weighted by atomic mass is 15.2. The molecule has 5 rings (SSSR count). The van der Waals surface area contributed by atoms with Gasteiger partial charge in [0.05, 0.1) is 11.6 Å². The van der Waals surface area contributed by atoms with Gasteiger partial charge in [-0.1, -0.05) is 24.3 Å². The molecule has 4 heterocycles. The number of fused-ring (bicyclic) bond motifs is 3. The number of hydrogen-bond acceptors (Lipinski definition) is 1. The van der Waals surface area contributed by atoms with E-state index in [9.17, 15) is 0 Å². The Morgan fingerprint density at radius 1 is 1.11 bits per heavy atom. The molecule has 1 aromatic heterocycles. The fourth-order valence-corrected chi connectivity index (χ4v) is 4.47. The van der Waals surface area contributed by atoms with E-state index in [0.29, 0.717) is 6.04 Å². The summed E-state index contributed by atoms with van der Waals surface area (Å²) in [4.78, 5) is 2.72. The smallest absolute Gasteiger partial charge is 0.0571 e. The SMILES string of the molecule is C1=Cn2c3c(c4ccccc42)CCN2CCC[C@H]1[C@H]32. The van der Waals surface area contributed by atoms with Crippen LogP contribution in [0.15, 0.2) is 30.3 Å². The molecule has 3 aliphatic heterocycles. The average Bonchev–Trinajstić information content (AvgIpc) is 2.81. The molecular weight excluding hydrogens is 232 g/mol. The summed E-state index contributed by atoms with van der Waals surface area (Å²) in [7, 11) is 0. The van der Waals surface area contributed by atoms with Gasteiger partial charge in [0.1, 0.15) is 0 Å². The molecule has 3 aliphatic rings. The number of benzene rings is 1. The van der Waals surface area contributed by atoms with Crippen molar-refractivity contribution in [2.45, 2.75) is 25.3 Å². The average molecular weight is 250 g/mol. The van der Waals surface area contributed by atoms with E-state index in [0.717, 1.165) is 5.92 Å². The Kier molecular flexibility index (Phi) is 1.90. The van der Waals surface area contributed by atoms with Gasteiger partial charge in [-0.25, -0.2) is 0 Å². The summed E-state index contributed by atoms with van der Waals surface area (Å²) in [5, 5.41) is 1.48. The molecule has 0 amide bonds. The standard InChI is InChI=1S/C17H18N2/c1-2-6-15-13(5-1)14-8-10-18-9-3-4-12-7-11-19(15)17(14)16(12)18/h1-2,5-7,11-12,16H,3-4,8-10H2/t12-,16-/m1/s1. The summed E-state index contributed by atoms with van der Waals surface area (Å²) in [6.45, 7) is 2.53. The molecule has 0 unspecified atom stereocenters. The molecule has 1 aromatic carbocycles. The third-order valence-electron chi connectivity index (χ3n) is 5.25. The summed E-state index contributed by atoms with van der Waals surface area (Å²) in [6, 6.07) is 9.56. The summed E-state index contributed by atoms with van der Waals surface area (Å²) in [5.41, 5.74) is 4.61. The van der Waals surface area contributed by atoms with Crippen molar-refractivity contribution in [2.75, 3.05) is 13.1 Å². The van der Waals surface area contributed by atoms with Gasteiger partial charge in [-0.05, 0) is 43.4 Å². The first-order chi connectivity index (χ1) is 9.43. The molecule has 2 aromatic rings. The predicted octanol–water partition coefficient (Wildman–Crippen LogP) is 3.43. The molecule has 2 atom stereocenters. The van der Waals surface area contributed by atoms with Crippen LogP contribution >= 0.6 is 0 Å². The van der Waals surface area contributed by atoms with Crippen molar-refractivity contribution >= 4 is 17.1 Å². The van der Waals surface area contributed by atoms with E-state index in [2.05, 4.69) is 46.0 Å². The summed E-state index contributed by atoms with van der Waals surface area (Å²) >= 11 is 0. The van der Waals surface area contributed by atoms with E-state index in [-0.39, 0.29) is 0 Å². The van der Waals surface area contributed by atoms with Gasteiger partial charge in [-0.15, -0.1) is 0 Å². The van der Waals surface area contributed by atoms with Gasteiger partial charge < -0.3 is 4.57 Å². The van der Waals surface area contributed by atoms with E-state index in [4.69, 9.17) is 0 Å². The van der Waals surface area contributed by atoms with Crippen LogP contribution in [-0.4, -0.2) is 22.6 Å². The number of aromatic nitrogens is 1. The van der Waals surface area contributed by atoms with Crippen molar-refractivity contribution in [3.05, 3.63) is 41.6 Å². The Labute approximate surface area is 113 Å². The fourth-order valence-electron chi connectivity index (χ4n) is 4.47. The van der Waals surface area contributed by atoms with Crippen molar-refractivity contribution in [1.29, 1.82) is 0 Å². The second-order valence-electron chi connectivity index (χ2n) is 6.13. The van der Waals surface area contributed by atoms with Crippen molar-refractivity contribution < 1.29 is 0 Å². The second-order valence-corrected chi connectivity index (χ2v) is 6.13. The van der Waals surface area contributed by atoms with E-state index in [1.807, 2.05) is 0 Å². The van der Waals surface area contributed by atoms with Crippen molar-refractivity contribution in [3.63, 3.8) is 0 Å². The molecule has 0 saturated carbocycles. The zero-order chi connectivity index (χ0) is 12.4. The molecule has 2 nitrogen and oxygen atoms in total. The third kappa shape index (κ3) is 1.20. The Bertz CT molecular complexity index is 695.